The summed E-state index contributed by atoms with van der Waals surface area (Å²) in [6.45, 7) is 19.9. The van der Waals surface area contributed by atoms with Gasteiger partial charge in [0, 0.05) is 11.4 Å². The molecular formula is C20H35N. The van der Waals surface area contributed by atoms with Gasteiger partial charge < -0.3 is 0 Å². The first kappa shape index (κ1) is 19.9. The van der Waals surface area contributed by atoms with Gasteiger partial charge in [-0.1, -0.05) is 66.2 Å². The summed E-state index contributed by atoms with van der Waals surface area (Å²) in [5.74, 6) is 1.65. The van der Waals surface area contributed by atoms with Crippen molar-refractivity contribution in [3.63, 3.8) is 0 Å². The standard InChI is InChI=1S/C20H35N/c1-10-19(12-11-14(2)3)21-18(9)20(16(6)7)13-17(8)15(4)5/h11-16H,10H2,1-9H3/b12-11-,17-13+,20-18-,21-19-. The Morgan fingerprint density at radius 2 is 1.52 bits per heavy atom. The first-order valence-corrected chi connectivity index (χ1v) is 8.33. The fourth-order valence-electron chi connectivity index (χ4n) is 1.92. The summed E-state index contributed by atoms with van der Waals surface area (Å²) >= 11 is 0. The number of allylic oxidation sites excluding steroid dienone is 6. The third kappa shape index (κ3) is 8.04. The summed E-state index contributed by atoms with van der Waals surface area (Å²) in [6.07, 6.45) is 7.69. The van der Waals surface area contributed by atoms with E-state index >= 15 is 0 Å². The van der Waals surface area contributed by atoms with E-state index in [1.54, 1.807) is 0 Å². The summed E-state index contributed by atoms with van der Waals surface area (Å²) in [5, 5.41) is 0. The number of aliphatic imine (C=N–C) groups is 1. The quantitative estimate of drug-likeness (QED) is 0.370. The van der Waals surface area contributed by atoms with E-state index in [0.717, 1.165) is 17.8 Å². The van der Waals surface area contributed by atoms with Gasteiger partial charge in [0.05, 0.1) is 0 Å². The summed E-state index contributed by atoms with van der Waals surface area (Å²) in [5.41, 5.74) is 5.08. The van der Waals surface area contributed by atoms with Crippen LogP contribution in [0.5, 0.6) is 0 Å². The fraction of sp³-hybridized carbons (Fsp3) is 0.650. The second-order valence-corrected chi connectivity index (χ2v) is 6.80. The van der Waals surface area contributed by atoms with Crippen LogP contribution in [0.15, 0.2) is 40.1 Å². The van der Waals surface area contributed by atoms with E-state index in [1.807, 2.05) is 0 Å². The monoisotopic (exact) mass is 289 g/mol. The van der Waals surface area contributed by atoms with Crippen LogP contribution in [0.3, 0.4) is 0 Å². The molecule has 0 saturated carbocycles. The molecule has 0 rings (SSSR count). The molecule has 0 aromatic heterocycles. The molecule has 0 heterocycles. The largest absolute Gasteiger partial charge is 0.258 e. The highest BCUT2D eigenvalue weighted by atomic mass is 14.7. The van der Waals surface area contributed by atoms with E-state index in [4.69, 9.17) is 4.99 Å². The first-order chi connectivity index (χ1) is 9.68. The molecule has 0 amide bonds. The van der Waals surface area contributed by atoms with Crippen LogP contribution in [0, 0.1) is 17.8 Å². The molecule has 0 aromatic carbocycles. The number of hydrogen-bond donors (Lipinski definition) is 0. The van der Waals surface area contributed by atoms with Crippen molar-refractivity contribution >= 4 is 5.71 Å². The Morgan fingerprint density at radius 1 is 0.952 bits per heavy atom. The van der Waals surface area contributed by atoms with Crippen LogP contribution in [0.2, 0.25) is 0 Å². The lowest BCUT2D eigenvalue weighted by molar-refractivity contribution is 0.743. The van der Waals surface area contributed by atoms with Gasteiger partial charge in [-0.05, 0) is 49.7 Å². The highest BCUT2D eigenvalue weighted by molar-refractivity contribution is 5.95. The average molecular weight is 290 g/mol. The molecule has 0 radical (unpaired) electrons. The Morgan fingerprint density at radius 3 is 1.90 bits per heavy atom. The Hall–Kier alpha value is -1.11. The van der Waals surface area contributed by atoms with Gasteiger partial charge in [0.1, 0.15) is 0 Å². The van der Waals surface area contributed by atoms with E-state index in [-0.39, 0.29) is 0 Å². The van der Waals surface area contributed by atoms with Crippen LogP contribution >= 0.6 is 0 Å². The molecule has 0 unspecified atom stereocenters. The van der Waals surface area contributed by atoms with Gasteiger partial charge in [-0.25, -0.2) is 0 Å². The SMILES string of the molecule is CCC(/C=C\C(C)C)=N/C(C)=C(/C=C(\C)C(C)C)C(C)C. The normalized spacial score (nSPS) is 15.6. The van der Waals surface area contributed by atoms with Gasteiger partial charge in [-0.2, -0.15) is 0 Å². The van der Waals surface area contributed by atoms with Crippen molar-refractivity contribution in [3.05, 3.63) is 35.1 Å². The van der Waals surface area contributed by atoms with Crippen LogP contribution in [-0.4, -0.2) is 5.71 Å². The van der Waals surface area contributed by atoms with Crippen molar-refractivity contribution in [3.8, 4) is 0 Å². The maximum absolute atomic E-state index is 4.87. The Balaban J connectivity index is 5.60. The molecule has 0 aliphatic heterocycles. The molecule has 1 heteroatoms. The zero-order valence-electron chi connectivity index (χ0n) is 15.6. The lowest BCUT2D eigenvalue weighted by Gasteiger charge is -2.13. The predicted octanol–water partition coefficient (Wildman–Crippen LogP) is 6.58. The summed E-state index contributed by atoms with van der Waals surface area (Å²) in [6, 6.07) is 0. The maximum atomic E-state index is 4.87. The van der Waals surface area contributed by atoms with E-state index in [9.17, 15) is 0 Å². The number of rotatable bonds is 7. The molecule has 0 atom stereocenters. The van der Waals surface area contributed by atoms with Crippen LogP contribution < -0.4 is 0 Å². The van der Waals surface area contributed by atoms with E-state index < -0.39 is 0 Å². The van der Waals surface area contributed by atoms with Gasteiger partial charge in [-0.3, -0.25) is 4.99 Å². The minimum absolute atomic E-state index is 0.495. The molecule has 0 fully saturated rings. The predicted molar refractivity (Wildman–Crippen MR) is 97.8 cm³/mol. The Bertz CT molecular complexity index is 429. The zero-order chi connectivity index (χ0) is 16.6. The lowest BCUT2D eigenvalue weighted by atomic mass is 9.95. The van der Waals surface area contributed by atoms with Crippen molar-refractivity contribution in [1.29, 1.82) is 0 Å². The van der Waals surface area contributed by atoms with Gasteiger partial charge in [0.2, 0.25) is 0 Å². The van der Waals surface area contributed by atoms with Gasteiger partial charge in [0.25, 0.3) is 0 Å². The molecule has 0 saturated heterocycles. The molecule has 0 spiro atoms. The van der Waals surface area contributed by atoms with Crippen LogP contribution in [0.4, 0.5) is 0 Å². The van der Waals surface area contributed by atoms with Gasteiger partial charge in [0.15, 0.2) is 0 Å². The third-order valence-corrected chi connectivity index (χ3v) is 3.68. The van der Waals surface area contributed by atoms with Crippen molar-refractivity contribution in [2.45, 2.75) is 68.7 Å². The van der Waals surface area contributed by atoms with Gasteiger partial charge in [-0.15, -0.1) is 0 Å². The minimum atomic E-state index is 0.495. The molecular weight excluding hydrogens is 254 g/mol. The van der Waals surface area contributed by atoms with E-state index in [1.165, 1.54) is 11.1 Å². The second kappa shape index (κ2) is 9.76. The van der Waals surface area contributed by atoms with Crippen LogP contribution in [0.1, 0.15) is 68.7 Å². The molecule has 0 aliphatic rings. The Labute approximate surface area is 132 Å². The lowest BCUT2D eigenvalue weighted by Crippen LogP contribution is -2.00. The smallest absolute Gasteiger partial charge is 0.0410 e. The van der Waals surface area contributed by atoms with Crippen molar-refractivity contribution < 1.29 is 0 Å². The second-order valence-electron chi connectivity index (χ2n) is 6.80. The molecule has 0 N–H and O–H groups in total. The fourth-order valence-corrected chi connectivity index (χ4v) is 1.92. The maximum Gasteiger partial charge on any atom is 0.0410 e. The minimum Gasteiger partial charge on any atom is -0.258 e. The highest BCUT2D eigenvalue weighted by Crippen LogP contribution is 2.22. The summed E-state index contributed by atoms with van der Waals surface area (Å²) < 4.78 is 0. The molecule has 0 aromatic rings. The molecule has 0 bridgehead atoms. The summed E-state index contributed by atoms with van der Waals surface area (Å²) in [4.78, 5) is 4.87. The number of nitrogens with zero attached hydrogens (tertiary/aromatic N) is 1. The van der Waals surface area contributed by atoms with Crippen LogP contribution in [0.25, 0.3) is 0 Å². The van der Waals surface area contributed by atoms with Crippen molar-refractivity contribution in [1.82, 2.24) is 0 Å². The van der Waals surface area contributed by atoms with Crippen molar-refractivity contribution in [2.24, 2.45) is 22.7 Å². The Kier molecular flexibility index (Phi) is 9.24. The molecule has 21 heavy (non-hydrogen) atoms. The first-order valence-electron chi connectivity index (χ1n) is 8.33. The highest BCUT2D eigenvalue weighted by Gasteiger charge is 2.07. The third-order valence-electron chi connectivity index (χ3n) is 3.68. The molecule has 0 aliphatic carbocycles. The van der Waals surface area contributed by atoms with Gasteiger partial charge >= 0.3 is 0 Å². The molecule has 1 nitrogen and oxygen atoms in total. The number of hydrogen-bond acceptors (Lipinski definition) is 1. The topological polar surface area (TPSA) is 12.4 Å². The summed E-state index contributed by atoms with van der Waals surface area (Å²) in [7, 11) is 0. The van der Waals surface area contributed by atoms with E-state index in [0.29, 0.717) is 17.8 Å². The molecule has 120 valence electrons. The average Bonchev–Trinajstić information content (AvgIpc) is 2.39. The zero-order valence-corrected chi connectivity index (χ0v) is 15.6. The van der Waals surface area contributed by atoms with E-state index in [2.05, 4.69) is 80.5 Å². The van der Waals surface area contributed by atoms with Crippen molar-refractivity contribution in [2.75, 3.05) is 0 Å². The van der Waals surface area contributed by atoms with Crippen LogP contribution in [-0.2, 0) is 0 Å².